The molecule has 1 aliphatic carbocycles. The monoisotopic (exact) mass is 630 g/mol. The molecule has 6 aromatic rings. The summed E-state index contributed by atoms with van der Waals surface area (Å²) in [7, 11) is 0. The second-order valence-corrected chi connectivity index (χ2v) is 13.3. The first-order chi connectivity index (χ1) is 22.8. The van der Waals surface area contributed by atoms with Crippen molar-refractivity contribution in [3.63, 3.8) is 0 Å². The Morgan fingerprint density at radius 3 is 1.72 bits per heavy atom. The van der Waals surface area contributed by atoms with Gasteiger partial charge in [-0.05, 0) is 97.1 Å². The van der Waals surface area contributed by atoms with Crippen LogP contribution in [0.5, 0.6) is 0 Å². The maximum atomic E-state index is 6.21. The van der Waals surface area contributed by atoms with E-state index in [4.69, 9.17) is 4.42 Å². The molecule has 2 aliphatic heterocycles. The zero-order chi connectivity index (χ0) is 30.5. The summed E-state index contributed by atoms with van der Waals surface area (Å²) in [6.45, 7) is 0. The summed E-state index contributed by atoms with van der Waals surface area (Å²) in [6, 6.07) is 42.5. The van der Waals surface area contributed by atoms with Crippen LogP contribution in [0.3, 0.4) is 0 Å². The Morgan fingerprint density at radius 2 is 1.09 bits per heavy atom. The molecule has 1 aromatic heterocycles. The molecule has 2 bridgehead atoms. The summed E-state index contributed by atoms with van der Waals surface area (Å²) >= 11 is 3.61. The number of nitrogens with zero attached hydrogens (tertiary/aromatic N) is 4. The Morgan fingerprint density at radius 1 is 0.543 bits per heavy atom. The summed E-state index contributed by atoms with van der Waals surface area (Å²) in [5.41, 5.74) is 7.47. The number of thioether (sulfide) groups is 1. The highest BCUT2D eigenvalue weighted by Gasteiger charge is 2.26. The molecule has 0 saturated heterocycles. The number of benzene rings is 5. The van der Waals surface area contributed by atoms with Crippen LogP contribution in [0, 0.1) is 0 Å². The molecule has 0 spiro atoms. The Balaban J connectivity index is 0.997. The average Bonchev–Trinajstić information content (AvgIpc) is 3.42. The van der Waals surface area contributed by atoms with Gasteiger partial charge in [-0.2, -0.15) is 0 Å². The van der Waals surface area contributed by atoms with Gasteiger partial charge in [-0.15, -0.1) is 10.2 Å². The van der Waals surface area contributed by atoms with E-state index in [9.17, 15) is 0 Å². The zero-order valence-electron chi connectivity index (χ0n) is 24.5. The van der Waals surface area contributed by atoms with Gasteiger partial charge in [0, 0.05) is 42.1 Å². The van der Waals surface area contributed by atoms with Crippen molar-refractivity contribution in [3.8, 4) is 22.9 Å². The van der Waals surface area contributed by atoms with Crippen LogP contribution in [-0.2, 0) is 0 Å². The van der Waals surface area contributed by atoms with Gasteiger partial charge in [0.2, 0.25) is 11.8 Å². The largest absolute Gasteiger partial charge is 0.416 e. The predicted molar refractivity (Wildman–Crippen MR) is 189 cm³/mol. The summed E-state index contributed by atoms with van der Waals surface area (Å²) in [5, 5.41) is 8.83. The van der Waals surface area contributed by atoms with Gasteiger partial charge in [-0.25, -0.2) is 0 Å². The lowest BCUT2D eigenvalue weighted by Gasteiger charge is -2.32. The van der Waals surface area contributed by atoms with Gasteiger partial charge >= 0.3 is 0 Å². The van der Waals surface area contributed by atoms with Crippen LogP contribution < -0.4 is 9.80 Å². The van der Waals surface area contributed by atoms with E-state index in [0.29, 0.717) is 11.8 Å². The van der Waals surface area contributed by atoms with E-state index in [-0.39, 0.29) is 6.04 Å². The lowest BCUT2D eigenvalue weighted by atomic mass is 10.1. The minimum Gasteiger partial charge on any atom is -0.416 e. The molecule has 3 aliphatic rings. The number of para-hydroxylation sites is 3. The Hall–Kier alpha value is -5.24. The molecule has 0 N–H and O–H groups in total. The van der Waals surface area contributed by atoms with Crippen molar-refractivity contribution >= 4 is 52.0 Å². The molecule has 0 amide bonds. The fourth-order valence-corrected chi connectivity index (χ4v) is 8.22. The van der Waals surface area contributed by atoms with Crippen LogP contribution in [0.25, 0.3) is 22.9 Å². The molecule has 0 fully saturated rings. The highest BCUT2D eigenvalue weighted by atomic mass is 32.2. The van der Waals surface area contributed by atoms with Crippen LogP contribution in [0.4, 0.5) is 28.4 Å². The van der Waals surface area contributed by atoms with Crippen LogP contribution in [0.15, 0.2) is 176 Å². The zero-order valence-corrected chi connectivity index (χ0v) is 26.2. The van der Waals surface area contributed by atoms with Crippen LogP contribution in [0.2, 0.25) is 0 Å². The minimum absolute atomic E-state index is 0.107. The highest BCUT2D eigenvalue weighted by Crippen LogP contribution is 2.51. The standard InChI is InChI=1S/C39H26N4OS2/c1-2-10-31-25-30(9-1)42(32-11-3-6-14-35(32)45-31)28-21-17-26(18-22-28)38-40-41-39(44-38)27-19-23-29(24-20-27)43-33-12-4-7-15-36(33)46-37-16-8-5-13-34(37)43/h1-25,30H. The number of anilines is 5. The van der Waals surface area contributed by atoms with Gasteiger partial charge < -0.3 is 14.2 Å². The van der Waals surface area contributed by atoms with Gasteiger partial charge in [0.1, 0.15) is 0 Å². The van der Waals surface area contributed by atoms with E-state index in [2.05, 4.69) is 160 Å². The van der Waals surface area contributed by atoms with Crippen molar-refractivity contribution in [1.82, 2.24) is 10.2 Å². The maximum absolute atomic E-state index is 6.21. The Kier molecular flexibility index (Phi) is 6.65. The minimum atomic E-state index is 0.107. The lowest BCUT2D eigenvalue weighted by Crippen LogP contribution is -2.27. The number of rotatable bonds is 4. The second-order valence-electron chi connectivity index (χ2n) is 11.1. The van der Waals surface area contributed by atoms with Crippen molar-refractivity contribution in [3.05, 3.63) is 157 Å². The van der Waals surface area contributed by atoms with Crippen LogP contribution >= 0.6 is 23.5 Å². The van der Waals surface area contributed by atoms with Crippen LogP contribution in [-0.4, -0.2) is 16.2 Å². The summed E-state index contributed by atoms with van der Waals surface area (Å²) < 4.78 is 6.21. The molecule has 5 aromatic carbocycles. The van der Waals surface area contributed by atoms with Gasteiger partial charge in [0.15, 0.2) is 0 Å². The predicted octanol–water partition coefficient (Wildman–Crippen LogP) is 11.0. The molecule has 1 unspecified atom stereocenters. The van der Waals surface area contributed by atoms with Gasteiger partial charge in [-0.1, -0.05) is 78.2 Å². The molecule has 5 nitrogen and oxygen atoms in total. The molecule has 0 radical (unpaired) electrons. The van der Waals surface area contributed by atoms with Crippen LogP contribution in [0.1, 0.15) is 0 Å². The number of hydrogen-bond acceptors (Lipinski definition) is 7. The molecule has 0 saturated carbocycles. The molecule has 3 heterocycles. The van der Waals surface area contributed by atoms with Crippen molar-refractivity contribution in [1.29, 1.82) is 0 Å². The molecule has 1 atom stereocenters. The summed E-state index contributed by atoms with van der Waals surface area (Å²) in [5.74, 6) is 0.988. The second kappa shape index (κ2) is 11.3. The smallest absolute Gasteiger partial charge is 0.248 e. The molecular formula is C39H26N4OS2. The summed E-state index contributed by atoms with van der Waals surface area (Å²) in [4.78, 5) is 9.64. The first-order valence-corrected chi connectivity index (χ1v) is 16.7. The Bertz CT molecular complexity index is 2140. The topological polar surface area (TPSA) is 45.4 Å². The Labute approximate surface area is 275 Å². The number of allylic oxidation sites excluding steroid dienone is 3. The van der Waals surface area contributed by atoms with Gasteiger partial charge in [0.05, 0.1) is 23.1 Å². The maximum Gasteiger partial charge on any atom is 0.248 e. The van der Waals surface area contributed by atoms with Gasteiger partial charge in [-0.3, -0.25) is 0 Å². The molecule has 9 rings (SSSR count). The van der Waals surface area contributed by atoms with E-state index in [1.807, 2.05) is 12.1 Å². The van der Waals surface area contributed by atoms with Crippen molar-refractivity contribution in [2.45, 2.75) is 20.7 Å². The fraction of sp³-hybridized carbons (Fsp3) is 0.0256. The third kappa shape index (κ3) is 4.76. The van der Waals surface area contributed by atoms with Gasteiger partial charge in [0.25, 0.3) is 0 Å². The SMILES string of the molecule is C1=CC2=CC(C=C1)N(c1ccc(-c3nnc(-c4ccc(N5c6ccccc6Sc6ccccc65)cc4)o3)cc1)c1ccccc1S2. The number of fused-ring (bicyclic) bond motifs is 4. The first-order valence-electron chi connectivity index (χ1n) is 15.1. The summed E-state index contributed by atoms with van der Waals surface area (Å²) in [6.07, 6.45) is 11.0. The normalized spacial score (nSPS) is 16.2. The third-order valence-corrected chi connectivity index (χ3v) is 10.5. The van der Waals surface area contributed by atoms with E-state index in [0.717, 1.165) is 22.5 Å². The molecular weight excluding hydrogens is 605 g/mol. The average molecular weight is 631 g/mol. The lowest BCUT2D eigenvalue weighted by molar-refractivity contribution is 0.584. The number of hydrogen-bond donors (Lipinski definition) is 0. The quantitative estimate of drug-likeness (QED) is 0.192. The van der Waals surface area contributed by atoms with Crippen molar-refractivity contribution in [2.75, 3.05) is 9.80 Å². The third-order valence-electron chi connectivity index (χ3n) is 8.29. The first kappa shape index (κ1) is 27.1. The van der Waals surface area contributed by atoms with E-state index in [1.165, 1.54) is 36.7 Å². The molecule has 46 heavy (non-hydrogen) atoms. The van der Waals surface area contributed by atoms with E-state index in [1.54, 1.807) is 23.5 Å². The highest BCUT2D eigenvalue weighted by molar-refractivity contribution is 8.03. The van der Waals surface area contributed by atoms with E-state index >= 15 is 0 Å². The van der Waals surface area contributed by atoms with Crippen molar-refractivity contribution < 1.29 is 4.42 Å². The van der Waals surface area contributed by atoms with Crippen molar-refractivity contribution in [2.24, 2.45) is 0 Å². The number of aromatic nitrogens is 2. The van der Waals surface area contributed by atoms with E-state index < -0.39 is 0 Å². The fourth-order valence-electron chi connectivity index (χ4n) is 6.13. The molecule has 220 valence electrons. The molecule has 7 heteroatoms.